The van der Waals surface area contributed by atoms with Crippen molar-refractivity contribution in [3.05, 3.63) is 29.3 Å². The molecule has 0 saturated heterocycles. The van der Waals surface area contributed by atoms with Crippen molar-refractivity contribution < 1.29 is 13.2 Å². The van der Waals surface area contributed by atoms with Crippen molar-refractivity contribution in [3.63, 3.8) is 0 Å². The number of fused-ring (bicyclic) bond motifs is 1. The van der Waals surface area contributed by atoms with Crippen LogP contribution in [-0.2, 0) is 16.3 Å². The molecule has 1 aromatic rings. The summed E-state index contributed by atoms with van der Waals surface area (Å²) in [6, 6.07) is 6.57. The van der Waals surface area contributed by atoms with Gasteiger partial charge in [-0.3, -0.25) is 0 Å². The molecule has 1 N–H and O–H groups in total. The van der Waals surface area contributed by atoms with Gasteiger partial charge in [0.25, 0.3) is 0 Å². The van der Waals surface area contributed by atoms with Crippen LogP contribution in [0.1, 0.15) is 36.9 Å². The predicted octanol–water partition coefficient (Wildman–Crippen LogP) is 2.10. The molecule has 4 nitrogen and oxygen atoms in total. The molecule has 2 rings (SSSR count). The van der Waals surface area contributed by atoms with E-state index in [1.807, 2.05) is 12.1 Å². The molecule has 1 aliphatic rings. The van der Waals surface area contributed by atoms with Gasteiger partial charge in [0.1, 0.15) is 15.6 Å². The van der Waals surface area contributed by atoms with Crippen LogP contribution in [0.15, 0.2) is 18.2 Å². The second-order valence-electron chi connectivity index (χ2n) is 5.30. The van der Waals surface area contributed by atoms with Crippen molar-refractivity contribution in [3.8, 4) is 5.75 Å². The molecule has 0 heterocycles. The number of nitrogens with one attached hydrogen (secondary N) is 1. The first-order chi connectivity index (χ1) is 9.51. The monoisotopic (exact) mass is 297 g/mol. The van der Waals surface area contributed by atoms with Gasteiger partial charge in [-0.1, -0.05) is 19.1 Å². The summed E-state index contributed by atoms with van der Waals surface area (Å²) in [7, 11) is -2.90. The van der Waals surface area contributed by atoms with Gasteiger partial charge in [-0.15, -0.1) is 0 Å². The quantitative estimate of drug-likeness (QED) is 0.783. The highest BCUT2D eigenvalue weighted by molar-refractivity contribution is 7.90. The normalized spacial score (nSPS) is 18.0. The van der Waals surface area contributed by atoms with Crippen LogP contribution in [-0.4, -0.2) is 33.6 Å². The lowest BCUT2D eigenvalue weighted by atomic mass is 10.1. The Bertz CT molecular complexity index is 554. The summed E-state index contributed by atoms with van der Waals surface area (Å²) in [6.45, 7) is 3.53. The largest absolute Gasteiger partial charge is 0.493 e. The lowest BCUT2D eigenvalue weighted by Gasteiger charge is -2.14. The molecule has 0 aliphatic heterocycles. The van der Waals surface area contributed by atoms with E-state index in [1.165, 1.54) is 17.4 Å². The van der Waals surface area contributed by atoms with Gasteiger partial charge in [0.2, 0.25) is 0 Å². The number of ether oxygens (including phenoxy) is 1. The van der Waals surface area contributed by atoms with Crippen molar-refractivity contribution in [1.82, 2.24) is 5.32 Å². The van der Waals surface area contributed by atoms with E-state index in [1.54, 1.807) is 0 Å². The van der Waals surface area contributed by atoms with Crippen molar-refractivity contribution in [2.45, 2.75) is 32.2 Å². The van der Waals surface area contributed by atoms with Gasteiger partial charge in [-0.25, -0.2) is 8.42 Å². The molecule has 0 saturated carbocycles. The van der Waals surface area contributed by atoms with Crippen molar-refractivity contribution in [2.24, 2.45) is 0 Å². The summed E-state index contributed by atoms with van der Waals surface area (Å²) < 4.78 is 27.9. The summed E-state index contributed by atoms with van der Waals surface area (Å²) in [5.74, 6) is 1.10. The second kappa shape index (κ2) is 6.59. The summed E-state index contributed by atoms with van der Waals surface area (Å²) in [5.41, 5.74) is 2.60. The maximum atomic E-state index is 11.1. The Morgan fingerprint density at radius 3 is 2.90 bits per heavy atom. The third-order valence-corrected chi connectivity index (χ3v) is 4.63. The minimum Gasteiger partial charge on any atom is -0.493 e. The lowest BCUT2D eigenvalue weighted by molar-refractivity contribution is 0.315. The van der Waals surface area contributed by atoms with Crippen LogP contribution in [0.2, 0.25) is 0 Å². The van der Waals surface area contributed by atoms with Crippen LogP contribution >= 0.6 is 0 Å². The molecule has 0 amide bonds. The fraction of sp³-hybridized carbons (Fsp3) is 0.600. The highest BCUT2D eigenvalue weighted by Gasteiger charge is 2.24. The third kappa shape index (κ3) is 3.96. The van der Waals surface area contributed by atoms with Gasteiger partial charge < -0.3 is 10.1 Å². The Hall–Kier alpha value is -1.07. The maximum absolute atomic E-state index is 11.1. The van der Waals surface area contributed by atoms with E-state index < -0.39 is 9.84 Å². The average molecular weight is 297 g/mol. The molecular weight excluding hydrogens is 274 g/mol. The minimum absolute atomic E-state index is 0.183. The summed E-state index contributed by atoms with van der Waals surface area (Å²) in [6.07, 6.45) is 3.93. The van der Waals surface area contributed by atoms with E-state index in [0.29, 0.717) is 19.1 Å². The highest BCUT2D eigenvalue weighted by Crippen LogP contribution is 2.36. The molecule has 1 atom stereocenters. The molecule has 1 aromatic carbocycles. The molecular formula is C15H23NO3S. The van der Waals surface area contributed by atoms with Crippen LogP contribution < -0.4 is 10.1 Å². The molecule has 0 aromatic heterocycles. The number of benzene rings is 1. The Balaban J connectivity index is 1.97. The SMILES string of the molecule is CCNC1CCc2c(OCCCS(C)(=O)=O)cccc21. The maximum Gasteiger partial charge on any atom is 0.147 e. The fourth-order valence-electron chi connectivity index (χ4n) is 2.72. The van der Waals surface area contributed by atoms with Crippen LogP contribution in [0.3, 0.4) is 0 Å². The summed E-state index contributed by atoms with van der Waals surface area (Å²) >= 11 is 0. The van der Waals surface area contributed by atoms with Crippen LogP contribution in [0.4, 0.5) is 0 Å². The Morgan fingerprint density at radius 2 is 2.20 bits per heavy atom. The summed E-state index contributed by atoms with van der Waals surface area (Å²) in [5, 5.41) is 3.48. The van der Waals surface area contributed by atoms with E-state index in [4.69, 9.17) is 4.74 Å². The van der Waals surface area contributed by atoms with E-state index >= 15 is 0 Å². The van der Waals surface area contributed by atoms with Crippen molar-refractivity contribution >= 4 is 9.84 Å². The average Bonchev–Trinajstić information content (AvgIpc) is 2.78. The number of sulfone groups is 1. The van der Waals surface area contributed by atoms with E-state index in [9.17, 15) is 8.42 Å². The van der Waals surface area contributed by atoms with Crippen molar-refractivity contribution in [2.75, 3.05) is 25.2 Å². The number of hydrogen-bond donors (Lipinski definition) is 1. The van der Waals surface area contributed by atoms with Crippen LogP contribution in [0, 0.1) is 0 Å². The topological polar surface area (TPSA) is 55.4 Å². The van der Waals surface area contributed by atoms with E-state index in [-0.39, 0.29) is 5.75 Å². The molecule has 0 bridgehead atoms. The lowest BCUT2D eigenvalue weighted by Crippen LogP contribution is -2.18. The zero-order chi connectivity index (χ0) is 14.6. The van der Waals surface area contributed by atoms with Crippen LogP contribution in [0.5, 0.6) is 5.75 Å². The molecule has 112 valence electrons. The molecule has 0 fully saturated rings. The molecule has 0 radical (unpaired) electrons. The second-order valence-corrected chi connectivity index (χ2v) is 7.56. The van der Waals surface area contributed by atoms with Gasteiger partial charge in [-0.05, 0) is 43.0 Å². The third-order valence-electron chi connectivity index (χ3n) is 3.60. The van der Waals surface area contributed by atoms with E-state index in [0.717, 1.165) is 25.1 Å². The molecule has 5 heteroatoms. The number of hydrogen-bond acceptors (Lipinski definition) is 4. The smallest absolute Gasteiger partial charge is 0.147 e. The molecule has 0 spiro atoms. The first-order valence-corrected chi connectivity index (χ1v) is 9.23. The fourth-order valence-corrected chi connectivity index (χ4v) is 3.36. The van der Waals surface area contributed by atoms with Gasteiger partial charge >= 0.3 is 0 Å². The molecule has 20 heavy (non-hydrogen) atoms. The molecule has 1 unspecified atom stereocenters. The van der Waals surface area contributed by atoms with Gasteiger partial charge in [0.05, 0.1) is 12.4 Å². The van der Waals surface area contributed by atoms with Gasteiger partial charge in [-0.2, -0.15) is 0 Å². The Kier molecular flexibility index (Phi) is 5.05. The Labute approximate surface area is 121 Å². The molecule has 1 aliphatic carbocycles. The zero-order valence-corrected chi connectivity index (χ0v) is 13.0. The van der Waals surface area contributed by atoms with E-state index in [2.05, 4.69) is 18.3 Å². The van der Waals surface area contributed by atoms with Gasteiger partial charge in [0.15, 0.2) is 0 Å². The van der Waals surface area contributed by atoms with Gasteiger partial charge in [0, 0.05) is 12.3 Å². The zero-order valence-electron chi connectivity index (χ0n) is 12.2. The van der Waals surface area contributed by atoms with Crippen LogP contribution in [0.25, 0.3) is 0 Å². The van der Waals surface area contributed by atoms with Crippen molar-refractivity contribution in [1.29, 1.82) is 0 Å². The Morgan fingerprint density at radius 1 is 1.40 bits per heavy atom. The highest BCUT2D eigenvalue weighted by atomic mass is 32.2. The first kappa shape index (κ1) is 15.3. The minimum atomic E-state index is -2.90. The number of rotatable bonds is 7. The standard InChI is InChI=1S/C15H23NO3S/c1-3-16-14-9-8-13-12(14)6-4-7-15(13)19-10-5-11-20(2,17)18/h4,6-7,14,16H,3,5,8-11H2,1-2H3. The first-order valence-electron chi connectivity index (χ1n) is 7.17. The predicted molar refractivity (Wildman–Crippen MR) is 81.0 cm³/mol. The summed E-state index contributed by atoms with van der Waals surface area (Å²) in [4.78, 5) is 0.